The maximum Gasteiger partial charge on any atom is 0.238 e. The molecule has 0 spiro atoms. The van der Waals surface area contributed by atoms with Crippen LogP contribution in [-0.4, -0.2) is 22.7 Å². The first kappa shape index (κ1) is 12.4. The summed E-state index contributed by atoms with van der Waals surface area (Å²) < 4.78 is 12.8. The summed E-state index contributed by atoms with van der Waals surface area (Å²) >= 11 is 5.61. The van der Waals surface area contributed by atoms with Crippen molar-refractivity contribution in [1.82, 2.24) is 4.90 Å². The zero-order valence-corrected chi connectivity index (χ0v) is 10.3. The van der Waals surface area contributed by atoms with E-state index >= 15 is 0 Å². The largest absolute Gasteiger partial charge is 0.334 e. The lowest BCUT2D eigenvalue weighted by Gasteiger charge is -2.37. The van der Waals surface area contributed by atoms with Crippen LogP contribution in [0.15, 0.2) is 24.3 Å². The van der Waals surface area contributed by atoms with E-state index in [1.54, 1.807) is 12.1 Å². The predicted octanol–water partition coefficient (Wildman–Crippen LogP) is 2.95. The van der Waals surface area contributed by atoms with Gasteiger partial charge >= 0.3 is 0 Å². The number of benzene rings is 1. The lowest BCUT2D eigenvalue weighted by molar-refractivity contribution is -0.133. The van der Waals surface area contributed by atoms with Crippen molar-refractivity contribution in [2.45, 2.75) is 31.8 Å². The normalized spacial score (nSPS) is 15.4. The average Bonchev–Trinajstić information content (AvgIpc) is 2.27. The zero-order chi connectivity index (χ0) is 12.3. The van der Waals surface area contributed by atoms with Crippen LogP contribution in [0.3, 0.4) is 0 Å². The Morgan fingerprint density at radius 2 is 2.00 bits per heavy atom. The maximum atomic E-state index is 12.8. The van der Waals surface area contributed by atoms with Gasteiger partial charge in [-0.3, -0.25) is 4.79 Å². The Bertz CT molecular complexity index is 389. The van der Waals surface area contributed by atoms with Gasteiger partial charge in [-0.1, -0.05) is 12.1 Å². The van der Waals surface area contributed by atoms with Gasteiger partial charge in [0.2, 0.25) is 5.91 Å². The molecule has 0 aliphatic heterocycles. The summed E-state index contributed by atoms with van der Waals surface area (Å²) in [6, 6.07) is 6.57. The van der Waals surface area contributed by atoms with Crippen molar-refractivity contribution < 1.29 is 9.18 Å². The van der Waals surface area contributed by atoms with Gasteiger partial charge in [0.05, 0.1) is 0 Å². The molecule has 1 aliphatic rings. The van der Waals surface area contributed by atoms with Gasteiger partial charge in [-0.2, -0.15) is 0 Å². The quantitative estimate of drug-likeness (QED) is 0.758. The second-order valence-corrected chi connectivity index (χ2v) is 4.63. The minimum atomic E-state index is -0.257. The van der Waals surface area contributed by atoms with Crippen molar-refractivity contribution in [2.75, 3.05) is 5.88 Å². The highest BCUT2D eigenvalue weighted by Gasteiger charge is 2.28. The van der Waals surface area contributed by atoms with Crippen molar-refractivity contribution in [1.29, 1.82) is 0 Å². The van der Waals surface area contributed by atoms with Crippen LogP contribution in [0.5, 0.6) is 0 Å². The Morgan fingerprint density at radius 1 is 1.35 bits per heavy atom. The van der Waals surface area contributed by atoms with Crippen LogP contribution in [0.2, 0.25) is 0 Å². The molecule has 0 N–H and O–H groups in total. The van der Waals surface area contributed by atoms with E-state index in [2.05, 4.69) is 0 Å². The molecule has 0 saturated heterocycles. The molecule has 1 saturated carbocycles. The van der Waals surface area contributed by atoms with Crippen LogP contribution in [0.4, 0.5) is 4.39 Å². The van der Waals surface area contributed by atoms with E-state index in [-0.39, 0.29) is 17.6 Å². The van der Waals surface area contributed by atoms with Crippen LogP contribution in [0.25, 0.3) is 0 Å². The summed E-state index contributed by atoms with van der Waals surface area (Å²) in [6.45, 7) is 0.524. The fraction of sp³-hybridized carbons (Fsp3) is 0.462. The molecule has 0 atom stereocenters. The van der Waals surface area contributed by atoms with Gasteiger partial charge in [0.25, 0.3) is 0 Å². The number of nitrogens with zero attached hydrogens (tertiary/aromatic N) is 1. The molecule has 0 radical (unpaired) electrons. The highest BCUT2D eigenvalue weighted by Crippen LogP contribution is 2.26. The average molecular weight is 256 g/mol. The number of carbonyl (C=O) groups excluding carboxylic acids is 1. The van der Waals surface area contributed by atoms with Crippen molar-refractivity contribution >= 4 is 17.5 Å². The number of alkyl halides is 1. The highest BCUT2D eigenvalue weighted by atomic mass is 35.5. The summed E-state index contributed by atoms with van der Waals surface area (Å²) in [7, 11) is 0. The summed E-state index contributed by atoms with van der Waals surface area (Å²) in [6.07, 6.45) is 3.26. The number of carbonyl (C=O) groups is 1. The highest BCUT2D eigenvalue weighted by molar-refractivity contribution is 6.27. The molecule has 0 aromatic heterocycles. The summed E-state index contributed by atoms with van der Waals surface area (Å²) in [4.78, 5) is 13.5. The summed E-state index contributed by atoms with van der Waals surface area (Å²) in [5.74, 6) is -0.286. The molecule has 1 amide bonds. The van der Waals surface area contributed by atoms with Crippen LogP contribution in [0.1, 0.15) is 24.8 Å². The molecule has 4 heteroatoms. The van der Waals surface area contributed by atoms with Crippen molar-refractivity contribution in [2.24, 2.45) is 0 Å². The fourth-order valence-electron chi connectivity index (χ4n) is 1.98. The third-order valence-electron chi connectivity index (χ3n) is 3.22. The van der Waals surface area contributed by atoms with Crippen molar-refractivity contribution in [3.8, 4) is 0 Å². The van der Waals surface area contributed by atoms with Crippen molar-refractivity contribution in [3.63, 3.8) is 0 Å². The molecule has 1 fully saturated rings. The Kier molecular flexibility index (Phi) is 4.00. The predicted molar refractivity (Wildman–Crippen MR) is 65.3 cm³/mol. The first-order chi connectivity index (χ1) is 8.20. The Labute approximate surface area is 105 Å². The monoisotopic (exact) mass is 255 g/mol. The zero-order valence-electron chi connectivity index (χ0n) is 9.53. The number of amides is 1. The molecule has 2 rings (SSSR count). The molecule has 0 unspecified atom stereocenters. The fourth-order valence-corrected chi connectivity index (χ4v) is 2.14. The molecular weight excluding hydrogens is 241 g/mol. The van der Waals surface area contributed by atoms with Gasteiger partial charge in [-0.15, -0.1) is 11.6 Å². The second-order valence-electron chi connectivity index (χ2n) is 4.37. The van der Waals surface area contributed by atoms with E-state index in [4.69, 9.17) is 11.6 Å². The number of halogens is 2. The first-order valence-electron chi connectivity index (χ1n) is 5.80. The molecule has 92 valence electrons. The molecule has 0 heterocycles. The van der Waals surface area contributed by atoms with E-state index in [0.29, 0.717) is 12.6 Å². The van der Waals surface area contributed by atoms with E-state index < -0.39 is 0 Å². The van der Waals surface area contributed by atoms with Crippen LogP contribution in [0, 0.1) is 5.82 Å². The van der Waals surface area contributed by atoms with Gasteiger partial charge in [-0.05, 0) is 37.0 Å². The van der Waals surface area contributed by atoms with Gasteiger partial charge in [-0.25, -0.2) is 4.39 Å². The summed E-state index contributed by atoms with van der Waals surface area (Å²) in [5.41, 5.74) is 0.941. The van der Waals surface area contributed by atoms with E-state index in [9.17, 15) is 9.18 Å². The molecule has 0 bridgehead atoms. The van der Waals surface area contributed by atoms with Crippen LogP contribution in [-0.2, 0) is 11.3 Å². The molecule has 1 aliphatic carbocycles. The Balaban J connectivity index is 2.06. The van der Waals surface area contributed by atoms with E-state index in [1.165, 1.54) is 18.6 Å². The number of hydrogen-bond donors (Lipinski definition) is 0. The topological polar surface area (TPSA) is 20.3 Å². The third kappa shape index (κ3) is 2.97. The Hall–Kier alpha value is -1.09. The number of rotatable bonds is 4. The van der Waals surface area contributed by atoms with Crippen LogP contribution >= 0.6 is 11.6 Å². The standard InChI is InChI=1S/C13H15ClFNO/c14-8-13(17)16(12-2-1-3-12)9-10-4-6-11(15)7-5-10/h4-7,12H,1-3,8-9H2. The van der Waals surface area contributed by atoms with Gasteiger partial charge in [0, 0.05) is 12.6 Å². The molecule has 1 aromatic rings. The van der Waals surface area contributed by atoms with Gasteiger partial charge < -0.3 is 4.90 Å². The first-order valence-corrected chi connectivity index (χ1v) is 6.34. The number of hydrogen-bond acceptors (Lipinski definition) is 1. The van der Waals surface area contributed by atoms with E-state index in [1.807, 2.05) is 4.90 Å². The van der Waals surface area contributed by atoms with Gasteiger partial charge in [0.1, 0.15) is 11.7 Å². The summed E-state index contributed by atoms with van der Waals surface area (Å²) in [5, 5.41) is 0. The van der Waals surface area contributed by atoms with Gasteiger partial charge in [0.15, 0.2) is 0 Å². The molecular formula is C13H15ClFNO. The Morgan fingerprint density at radius 3 is 2.47 bits per heavy atom. The lowest BCUT2D eigenvalue weighted by atomic mass is 9.91. The maximum absolute atomic E-state index is 12.8. The molecule has 17 heavy (non-hydrogen) atoms. The van der Waals surface area contributed by atoms with Crippen molar-refractivity contribution in [3.05, 3.63) is 35.6 Å². The minimum Gasteiger partial charge on any atom is -0.334 e. The lowest BCUT2D eigenvalue weighted by Crippen LogP contribution is -2.44. The SMILES string of the molecule is O=C(CCl)N(Cc1ccc(F)cc1)C1CCC1. The van der Waals surface area contributed by atoms with E-state index in [0.717, 1.165) is 18.4 Å². The van der Waals surface area contributed by atoms with Crippen LogP contribution < -0.4 is 0 Å². The smallest absolute Gasteiger partial charge is 0.238 e. The third-order valence-corrected chi connectivity index (χ3v) is 3.44. The second kappa shape index (κ2) is 5.50. The molecule has 2 nitrogen and oxygen atoms in total. The minimum absolute atomic E-state index is 0.0116. The molecule has 1 aromatic carbocycles.